The molecular formula is C9H15O7S-. The number of carbonyl (C=O) groups excluding carboxylic acids is 1. The van der Waals surface area contributed by atoms with Gasteiger partial charge in [0.1, 0.15) is 6.10 Å². The summed E-state index contributed by atoms with van der Waals surface area (Å²) in [5.74, 6) is -0.630. The second-order valence-corrected chi connectivity index (χ2v) is 3.02. The number of esters is 1. The van der Waals surface area contributed by atoms with Gasteiger partial charge in [-0.05, 0) is 6.92 Å². The molecule has 0 aromatic carbocycles. The summed E-state index contributed by atoms with van der Waals surface area (Å²) >= 11 is -2.86. The van der Waals surface area contributed by atoms with Gasteiger partial charge in [0.15, 0.2) is 0 Å². The van der Waals surface area contributed by atoms with Crippen molar-refractivity contribution >= 4 is 17.3 Å². The van der Waals surface area contributed by atoms with Gasteiger partial charge in [0.25, 0.3) is 0 Å². The van der Waals surface area contributed by atoms with Crippen LogP contribution in [0.2, 0.25) is 0 Å². The molecule has 0 amide bonds. The lowest BCUT2D eigenvalue weighted by atomic mass is 10.4. The Hall–Kier alpha value is -1.06. The van der Waals surface area contributed by atoms with Gasteiger partial charge in [-0.3, -0.25) is 0 Å². The van der Waals surface area contributed by atoms with Crippen molar-refractivity contribution in [1.82, 2.24) is 0 Å². The summed E-state index contributed by atoms with van der Waals surface area (Å²) in [5.41, 5.74) is 0. The van der Waals surface area contributed by atoms with E-state index in [-0.39, 0.29) is 6.61 Å². The van der Waals surface area contributed by atoms with Gasteiger partial charge in [0.2, 0.25) is 6.29 Å². The normalized spacial score (nSPS) is 14.6. The fourth-order valence-corrected chi connectivity index (χ4v) is 0.597. The van der Waals surface area contributed by atoms with Crippen LogP contribution in [0.3, 0.4) is 0 Å². The van der Waals surface area contributed by atoms with Crippen molar-refractivity contribution in [2.24, 2.45) is 0 Å². The summed E-state index contributed by atoms with van der Waals surface area (Å²) < 4.78 is 33.7. The first-order valence-corrected chi connectivity index (χ1v) is 5.40. The maximum atomic E-state index is 10.7. The Morgan fingerprint density at radius 1 is 1.59 bits per heavy atom. The molecule has 17 heavy (non-hydrogen) atoms. The van der Waals surface area contributed by atoms with Gasteiger partial charge in [-0.2, -0.15) is 0 Å². The lowest BCUT2D eigenvalue weighted by Crippen LogP contribution is -2.31. The van der Waals surface area contributed by atoms with Crippen molar-refractivity contribution in [1.29, 1.82) is 0 Å². The van der Waals surface area contributed by atoms with Gasteiger partial charge in [0.05, 0.1) is 18.0 Å². The molecular weight excluding hydrogens is 252 g/mol. The predicted molar refractivity (Wildman–Crippen MR) is 59.5 cm³/mol. The Morgan fingerprint density at radius 2 is 2.06 bits per heavy atom. The minimum absolute atomic E-state index is 0.208. The largest absolute Gasteiger partial charge is 0.750 e. The number of hydrogen-bond donors (Lipinski definition) is 2. The van der Waals surface area contributed by atoms with Crippen molar-refractivity contribution in [3.8, 4) is 0 Å². The van der Waals surface area contributed by atoms with Crippen LogP contribution >= 0.6 is 0 Å². The lowest BCUT2D eigenvalue weighted by Gasteiger charge is -2.18. The number of aliphatic hydroxyl groups is 1. The van der Waals surface area contributed by atoms with Crippen molar-refractivity contribution in [2.45, 2.75) is 19.3 Å². The fraction of sp³-hybridized carbons (Fsp3) is 0.444. The second-order valence-electron chi connectivity index (χ2n) is 2.59. The molecule has 0 fully saturated rings. The van der Waals surface area contributed by atoms with Crippen LogP contribution in [-0.2, 0) is 25.6 Å². The Kier molecular flexibility index (Phi) is 12.3. The highest BCUT2D eigenvalue weighted by Crippen LogP contribution is 2.02. The van der Waals surface area contributed by atoms with Gasteiger partial charge in [-0.1, -0.05) is 12.7 Å². The van der Waals surface area contributed by atoms with E-state index in [0.29, 0.717) is 0 Å². The molecule has 0 aliphatic rings. The molecule has 0 spiro atoms. The van der Waals surface area contributed by atoms with Gasteiger partial charge in [-0.25, -0.2) is 9.00 Å². The summed E-state index contributed by atoms with van der Waals surface area (Å²) in [4.78, 5) is 10.7. The minimum Gasteiger partial charge on any atom is -0.750 e. The van der Waals surface area contributed by atoms with Crippen LogP contribution in [-0.4, -0.2) is 43.4 Å². The van der Waals surface area contributed by atoms with Crippen molar-refractivity contribution < 1.29 is 32.7 Å². The molecule has 0 bridgehead atoms. The number of carbonyl (C=O) groups is 1. The van der Waals surface area contributed by atoms with Crippen LogP contribution in [0.5, 0.6) is 0 Å². The van der Waals surface area contributed by atoms with Crippen LogP contribution < -0.4 is 0 Å². The van der Waals surface area contributed by atoms with E-state index >= 15 is 0 Å². The second kappa shape index (κ2) is 11.4. The van der Waals surface area contributed by atoms with E-state index in [9.17, 15) is 4.79 Å². The molecule has 2 N–H and O–H groups in total. The molecule has 100 valence electrons. The smallest absolute Gasteiger partial charge is 0.332 e. The standard InChI is InChI=1S/C9H14O4.H2O3S/c1-4-6-12-9(7(3)10)13-8(11)5-2;1-4(2)3/h4-5,7,9-10H,1-2,6H2,3H3;(H2,1,2,3)/p-1. The van der Waals surface area contributed by atoms with E-state index < -0.39 is 29.7 Å². The molecule has 0 aromatic rings. The highest BCUT2D eigenvalue weighted by molar-refractivity contribution is 7.73. The third-order valence-electron chi connectivity index (χ3n) is 1.17. The molecule has 3 unspecified atom stereocenters. The summed E-state index contributed by atoms with van der Waals surface area (Å²) in [6.07, 6.45) is 0.649. The molecule has 0 rings (SSSR count). The summed E-state index contributed by atoms with van der Waals surface area (Å²) in [7, 11) is 0. The molecule has 0 aromatic heterocycles. The van der Waals surface area contributed by atoms with Crippen molar-refractivity contribution in [2.75, 3.05) is 6.61 Å². The SMILES string of the molecule is C=CCOC(OC(=O)C=C)C(C)O.O=S([O-])O. The van der Waals surface area contributed by atoms with E-state index in [1.54, 1.807) is 0 Å². The average molecular weight is 267 g/mol. The molecule has 3 atom stereocenters. The molecule has 0 saturated heterocycles. The Morgan fingerprint density at radius 3 is 2.35 bits per heavy atom. The van der Waals surface area contributed by atoms with E-state index in [2.05, 4.69) is 17.9 Å². The predicted octanol–water partition coefficient (Wildman–Crippen LogP) is -0.0364. The topological polar surface area (TPSA) is 116 Å². The fourth-order valence-electron chi connectivity index (χ4n) is 0.597. The monoisotopic (exact) mass is 267 g/mol. The summed E-state index contributed by atoms with van der Waals surface area (Å²) in [6.45, 7) is 8.32. The van der Waals surface area contributed by atoms with Crippen LogP contribution in [0.4, 0.5) is 0 Å². The third kappa shape index (κ3) is 14.9. The zero-order chi connectivity index (χ0) is 13.8. The van der Waals surface area contributed by atoms with Gasteiger partial charge < -0.3 is 23.7 Å². The summed E-state index contributed by atoms with van der Waals surface area (Å²) in [5, 5.41) is 9.11. The maximum absolute atomic E-state index is 10.7. The molecule has 0 aliphatic carbocycles. The number of ether oxygens (including phenoxy) is 2. The number of hydrogen-bond acceptors (Lipinski definition) is 6. The van der Waals surface area contributed by atoms with Gasteiger partial charge in [-0.15, -0.1) is 6.58 Å². The number of aliphatic hydroxyl groups excluding tert-OH is 1. The summed E-state index contributed by atoms with van der Waals surface area (Å²) in [6, 6.07) is 0. The van der Waals surface area contributed by atoms with E-state index in [4.69, 9.17) is 23.2 Å². The molecule has 0 heterocycles. The van der Waals surface area contributed by atoms with Gasteiger partial charge >= 0.3 is 5.97 Å². The first-order chi connectivity index (χ1) is 7.84. The van der Waals surface area contributed by atoms with Gasteiger partial charge in [0, 0.05) is 6.08 Å². The van der Waals surface area contributed by atoms with Crippen LogP contribution in [0.1, 0.15) is 6.92 Å². The van der Waals surface area contributed by atoms with E-state index in [0.717, 1.165) is 6.08 Å². The molecule has 0 radical (unpaired) electrons. The third-order valence-corrected chi connectivity index (χ3v) is 1.17. The molecule has 0 saturated carbocycles. The maximum Gasteiger partial charge on any atom is 0.332 e. The Bertz CT molecular complexity index is 260. The Labute approximate surface area is 102 Å². The first-order valence-electron chi connectivity index (χ1n) is 4.37. The van der Waals surface area contributed by atoms with Crippen LogP contribution in [0, 0.1) is 0 Å². The highest BCUT2D eigenvalue weighted by atomic mass is 32.2. The zero-order valence-corrected chi connectivity index (χ0v) is 10.1. The minimum atomic E-state index is -2.86. The average Bonchev–Trinajstić information content (AvgIpc) is 2.22. The number of rotatable bonds is 6. The Balaban J connectivity index is 0. The molecule has 0 aliphatic heterocycles. The van der Waals surface area contributed by atoms with Crippen LogP contribution in [0.25, 0.3) is 0 Å². The highest BCUT2D eigenvalue weighted by Gasteiger charge is 2.18. The quantitative estimate of drug-likeness (QED) is 0.228. The van der Waals surface area contributed by atoms with E-state index in [1.807, 2.05) is 0 Å². The van der Waals surface area contributed by atoms with E-state index in [1.165, 1.54) is 13.0 Å². The molecule has 7 nitrogen and oxygen atoms in total. The van der Waals surface area contributed by atoms with Crippen molar-refractivity contribution in [3.63, 3.8) is 0 Å². The van der Waals surface area contributed by atoms with Crippen molar-refractivity contribution in [3.05, 3.63) is 25.3 Å². The lowest BCUT2D eigenvalue weighted by molar-refractivity contribution is -0.192. The van der Waals surface area contributed by atoms with Crippen LogP contribution in [0.15, 0.2) is 25.3 Å². The molecule has 8 heteroatoms. The zero-order valence-electron chi connectivity index (χ0n) is 9.27. The first kappa shape index (κ1) is 18.3.